The fourth-order valence-corrected chi connectivity index (χ4v) is 2.59. The number of benzene rings is 2. The lowest BCUT2D eigenvalue weighted by Gasteiger charge is -2.23. The smallest absolute Gasteiger partial charge is 0.255 e. The zero-order valence-electron chi connectivity index (χ0n) is 14.7. The van der Waals surface area contributed by atoms with Gasteiger partial charge in [-0.05, 0) is 55.5 Å². The fraction of sp³-hybridized carbons (Fsp3) is 0.143. The van der Waals surface area contributed by atoms with Gasteiger partial charge in [0, 0.05) is 23.9 Å². The molecule has 0 radical (unpaired) electrons. The summed E-state index contributed by atoms with van der Waals surface area (Å²) in [5, 5.41) is 2.82. The lowest BCUT2D eigenvalue weighted by molar-refractivity contribution is 0.0726. The Balaban J connectivity index is 1.67. The molecular formula is C21H20N2O3. The molecule has 5 heteroatoms. The van der Waals surface area contributed by atoms with E-state index in [1.165, 1.54) is 0 Å². The Morgan fingerprint density at radius 2 is 1.62 bits per heavy atom. The SMILES string of the molecule is CC(c1ccco1)N(C)C(=O)c1ccc(NC(=O)c2ccccc2)cc1. The van der Waals surface area contributed by atoms with Crippen LogP contribution >= 0.6 is 0 Å². The highest BCUT2D eigenvalue weighted by molar-refractivity contribution is 6.04. The number of nitrogens with zero attached hydrogens (tertiary/aromatic N) is 1. The van der Waals surface area contributed by atoms with Gasteiger partial charge in [0.15, 0.2) is 0 Å². The van der Waals surface area contributed by atoms with E-state index in [0.717, 1.165) is 5.76 Å². The van der Waals surface area contributed by atoms with Crippen LogP contribution in [-0.2, 0) is 0 Å². The number of hydrogen-bond acceptors (Lipinski definition) is 3. The molecular weight excluding hydrogens is 328 g/mol. The molecule has 3 aromatic rings. The van der Waals surface area contributed by atoms with Crippen LogP contribution < -0.4 is 5.32 Å². The summed E-state index contributed by atoms with van der Waals surface area (Å²) in [5.74, 6) is 0.427. The average molecular weight is 348 g/mol. The molecule has 0 fully saturated rings. The van der Waals surface area contributed by atoms with E-state index in [4.69, 9.17) is 4.42 Å². The van der Waals surface area contributed by atoms with Crippen LogP contribution in [0.15, 0.2) is 77.4 Å². The van der Waals surface area contributed by atoms with Crippen molar-refractivity contribution in [2.24, 2.45) is 0 Å². The van der Waals surface area contributed by atoms with Gasteiger partial charge in [-0.2, -0.15) is 0 Å². The minimum absolute atomic E-state index is 0.116. The summed E-state index contributed by atoms with van der Waals surface area (Å²) in [5.41, 5.74) is 1.76. The second-order valence-corrected chi connectivity index (χ2v) is 6.00. The summed E-state index contributed by atoms with van der Waals surface area (Å²) in [7, 11) is 1.74. The summed E-state index contributed by atoms with van der Waals surface area (Å²) in [6.45, 7) is 1.91. The van der Waals surface area contributed by atoms with E-state index in [9.17, 15) is 9.59 Å². The van der Waals surface area contributed by atoms with Gasteiger partial charge in [0.2, 0.25) is 0 Å². The summed E-state index contributed by atoms with van der Waals surface area (Å²) in [4.78, 5) is 26.4. The van der Waals surface area contributed by atoms with E-state index in [-0.39, 0.29) is 17.9 Å². The van der Waals surface area contributed by atoms with Crippen molar-refractivity contribution in [2.45, 2.75) is 13.0 Å². The Labute approximate surface area is 152 Å². The number of carbonyl (C=O) groups is 2. The number of amides is 2. The monoisotopic (exact) mass is 348 g/mol. The Hall–Kier alpha value is -3.34. The highest BCUT2D eigenvalue weighted by Crippen LogP contribution is 2.21. The standard InChI is InChI=1S/C21H20N2O3/c1-15(19-9-6-14-26-19)23(2)21(25)17-10-12-18(13-11-17)22-20(24)16-7-4-3-5-8-16/h3-15H,1-2H3,(H,22,24). The summed E-state index contributed by atoms with van der Waals surface area (Å²) >= 11 is 0. The van der Waals surface area contributed by atoms with Crippen molar-refractivity contribution in [3.63, 3.8) is 0 Å². The van der Waals surface area contributed by atoms with Crippen molar-refractivity contribution in [3.8, 4) is 0 Å². The molecule has 1 unspecified atom stereocenters. The Bertz CT molecular complexity index is 871. The van der Waals surface area contributed by atoms with Crippen LogP contribution in [0.5, 0.6) is 0 Å². The van der Waals surface area contributed by atoms with Crippen LogP contribution in [-0.4, -0.2) is 23.8 Å². The molecule has 0 aliphatic carbocycles. The lowest BCUT2D eigenvalue weighted by Crippen LogP contribution is -2.29. The van der Waals surface area contributed by atoms with E-state index in [2.05, 4.69) is 5.32 Å². The highest BCUT2D eigenvalue weighted by atomic mass is 16.3. The van der Waals surface area contributed by atoms with Crippen molar-refractivity contribution in [2.75, 3.05) is 12.4 Å². The van der Waals surface area contributed by atoms with Crippen molar-refractivity contribution in [1.29, 1.82) is 0 Å². The van der Waals surface area contributed by atoms with Crippen LogP contribution in [0.3, 0.4) is 0 Å². The molecule has 0 aliphatic heterocycles. The number of carbonyl (C=O) groups excluding carboxylic acids is 2. The summed E-state index contributed by atoms with van der Waals surface area (Å²) in [6.07, 6.45) is 1.59. The molecule has 1 N–H and O–H groups in total. The van der Waals surface area contributed by atoms with Crippen LogP contribution in [0.2, 0.25) is 0 Å². The van der Waals surface area contributed by atoms with E-state index in [0.29, 0.717) is 16.8 Å². The second-order valence-electron chi connectivity index (χ2n) is 6.00. The van der Waals surface area contributed by atoms with E-state index >= 15 is 0 Å². The molecule has 3 rings (SSSR count). The number of nitrogens with one attached hydrogen (secondary N) is 1. The fourth-order valence-electron chi connectivity index (χ4n) is 2.59. The molecule has 0 aliphatic rings. The molecule has 26 heavy (non-hydrogen) atoms. The third kappa shape index (κ3) is 3.83. The van der Waals surface area contributed by atoms with Gasteiger partial charge < -0.3 is 14.6 Å². The molecule has 2 aromatic carbocycles. The molecule has 132 valence electrons. The molecule has 1 atom stereocenters. The zero-order chi connectivity index (χ0) is 18.5. The highest BCUT2D eigenvalue weighted by Gasteiger charge is 2.20. The van der Waals surface area contributed by atoms with Gasteiger partial charge in [-0.3, -0.25) is 9.59 Å². The van der Waals surface area contributed by atoms with Crippen molar-refractivity contribution in [1.82, 2.24) is 4.90 Å². The first-order chi connectivity index (χ1) is 12.6. The minimum Gasteiger partial charge on any atom is -0.467 e. The minimum atomic E-state index is -0.187. The topological polar surface area (TPSA) is 62.6 Å². The molecule has 1 heterocycles. The Kier molecular flexibility index (Phi) is 5.17. The first-order valence-electron chi connectivity index (χ1n) is 8.33. The van der Waals surface area contributed by atoms with E-state index < -0.39 is 0 Å². The quantitative estimate of drug-likeness (QED) is 0.745. The van der Waals surface area contributed by atoms with Gasteiger partial charge in [0.05, 0.1) is 12.3 Å². The number of rotatable bonds is 5. The van der Waals surface area contributed by atoms with Gasteiger partial charge in [-0.25, -0.2) is 0 Å². The van der Waals surface area contributed by atoms with Crippen molar-refractivity contribution < 1.29 is 14.0 Å². The molecule has 0 spiro atoms. The normalized spacial score (nSPS) is 11.6. The largest absolute Gasteiger partial charge is 0.467 e. The van der Waals surface area contributed by atoms with E-state index in [1.807, 2.05) is 31.2 Å². The van der Waals surface area contributed by atoms with E-state index in [1.54, 1.807) is 60.7 Å². The maximum absolute atomic E-state index is 12.6. The predicted molar refractivity (Wildman–Crippen MR) is 100 cm³/mol. The lowest BCUT2D eigenvalue weighted by atomic mass is 10.1. The molecule has 5 nitrogen and oxygen atoms in total. The van der Waals surface area contributed by atoms with Gasteiger partial charge in [0.1, 0.15) is 5.76 Å². The zero-order valence-corrected chi connectivity index (χ0v) is 14.7. The van der Waals surface area contributed by atoms with Gasteiger partial charge >= 0.3 is 0 Å². The van der Waals surface area contributed by atoms with Crippen LogP contribution in [0.1, 0.15) is 39.4 Å². The molecule has 1 aromatic heterocycles. The number of anilines is 1. The Morgan fingerprint density at radius 3 is 2.23 bits per heavy atom. The van der Waals surface area contributed by atoms with Gasteiger partial charge in [-0.1, -0.05) is 18.2 Å². The summed E-state index contributed by atoms with van der Waals surface area (Å²) in [6, 6.07) is 19.3. The van der Waals surface area contributed by atoms with Crippen LogP contribution in [0, 0.1) is 0 Å². The van der Waals surface area contributed by atoms with Crippen molar-refractivity contribution >= 4 is 17.5 Å². The van der Waals surface area contributed by atoms with Crippen LogP contribution in [0.25, 0.3) is 0 Å². The molecule has 0 saturated heterocycles. The Morgan fingerprint density at radius 1 is 0.923 bits per heavy atom. The van der Waals surface area contributed by atoms with Gasteiger partial charge in [0.25, 0.3) is 11.8 Å². The second kappa shape index (κ2) is 7.70. The first-order valence-corrected chi connectivity index (χ1v) is 8.33. The molecule has 2 amide bonds. The molecule has 0 saturated carbocycles. The number of hydrogen-bond donors (Lipinski definition) is 1. The molecule has 0 bridgehead atoms. The summed E-state index contributed by atoms with van der Waals surface area (Å²) < 4.78 is 5.37. The maximum atomic E-state index is 12.6. The maximum Gasteiger partial charge on any atom is 0.255 e. The first kappa shape index (κ1) is 17.5. The van der Waals surface area contributed by atoms with Crippen LogP contribution in [0.4, 0.5) is 5.69 Å². The van der Waals surface area contributed by atoms with Crippen molar-refractivity contribution in [3.05, 3.63) is 89.9 Å². The predicted octanol–water partition coefficient (Wildman–Crippen LogP) is 4.37. The third-order valence-corrected chi connectivity index (χ3v) is 4.28. The number of furan rings is 1. The van der Waals surface area contributed by atoms with Gasteiger partial charge in [-0.15, -0.1) is 0 Å². The third-order valence-electron chi connectivity index (χ3n) is 4.28. The average Bonchev–Trinajstić information content (AvgIpc) is 3.22.